The molecule has 2 aliphatic rings. The summed E-state index contributed by atoms with van der Waals surface area (Å²) in [5, 5.41) is 9.29. The fourth-order valence-corrected chi connectivity index (χ4v) is 3.25. The van der Waals surface area contributed by atoms with Gasteiger partial charge in [0.25, 0.3) is 0 Å². The second-order valence-electron chi connectivity index (χ2n) is 5.48. The third-order valence-corrected chi connectivity index (χ3v) is 4.41. The summed E-state index contributed by atoms with van der Waals surface area (Å²) in [6.07, 6.45) is -1.31. The summed E-state index contributed by atoms with van der Waals surface area (Å²) in [4.78, 5) is 0. The topological polar surface area (TPSA) is 20.2 Å². The normalized spacial score (nSPS) is 31.4. The molecule has 2 atom stereocenters. The zero-order valence-corrected chi connectivity index (χ0v) is 9.87. The lowest BCUT2D eigenvalue weighted by atomic mass is 9.87. The van der Waals surface area contributed by atoms with Crippen LogP contribution in [0, 0.1) is 11.8 Å². The van der Waals surface area contributed by atoms with E-state index < -0.39 is 11.7 Å². The third-order valence-electron chi connectivity index (χ3n) is 4.41. The van der Waals surface area contributed by atoms with E-state index in [1.165, 1.54) is 12.1 Å². The first-order valence-corrected chi connectivity index (χ1v) is 6.27. The Kier molecular flexibility index (Phi) is 2.49. The lowest BCUT2D eigenvalue weighted by Gasteiger charge is -2.18. The molecular weight excluding hydrogens is 241 g/mol. The molecule has 3 rings (SSSR count). The molecule has 0 heterocycles. The van der Waals surface area contributed by atoms with E-state index in [-0.39, 0.29) is 17.9 Å². The first-order valence-electron chi connectivity index (χ1n) is 6.27. The summed E-state index contributed by atoms with van der Waals surface area (Å²) < 4.78 is 38.2. The van der Waals surface area contributed by atoms with Gasteiger partial charge in [0.2, 0.25) is 0 Å². The molecule has 2 aliphatic carbocycles. The highest BCUT2D eigenvalue weighted by molar-refractivity contribution is 5.40. The molecule has 1 aromatic carbocycles. The van der Waals surface area contributed by atoms with E-state index in [2.05, 4.69) is 0 Å². The van der Waals surface area contributed by atoms with E-state index in [4.69, 9.17) is 0 Å². The molecule has 0 aromatic heterocycles. The largest absolute Gasteiger partial charge is 0.416 e. The van der Waals surface area contributed by atoms with E-state index in [1.54, 1.807) is 6.07 Å². The van der Waals surface area contributed by atoms with Gasteiger partial charge >= 0.3 is 6.18 Å². The monoisotopic (exact) mass is 256 g/mol. The van der Waals surface area contributed by atoms with Gasteiger partial charge in [0.1, 0.15) is 0 Å². The lowest BCUT2D eigenvalue weighted by Crippen LogP contribution is -2.16. The quantitative estimate of drug-likeness (QED) is 0.879. The average Bonchev–Trinajstić information content (AvgIpc) is 3.20. The van der Waals surface area contributed by atoms with Gasteiger partial charge < -0.3 is 5.11 Å². The molecule has 0 bridgehead atoms. The predicted octanol–water partition coefficient (Wildman–Crippen LogP) is 3.37. The van der Waals surface area contributed by atoms with Crippen LogP contribution >= 0.6 is 0 Å². The number of rotatable bonds is 3. The molecule has 1 aromatic rings. The van der Waals surface area contributed by atoms with E-state index in [0.29, 0.717) is 5.92 Å². The molecule has 4 heteroatoms. The van der Waals surface area contributed by atoms with Gasteiger partial charge in [0.05, 0.1) is 5.56 Å². The second kappa shape index (κ2) is 3.73. The number of halogens is 3. The SMILES string of the molecule is OCC1CC1(c1cccc(C(F)(F)F)c1)C1CC1. The standard InChI is InChI=1S/C14H15F3O/c15-14(16,17)11-3-1-2-10(6-11)13(9-4-5-9)7-12(13)8-18/h1-3,6,9,12,18H,4-5,7-8H2. The summed E-state index contributed by atoms with van der Waals surface area (Å²) in [6.45, 7) is 0.0761. The predicted molar refractivity (Wildman–Crippen MR) is 61.0 cm³/mol. The molecule has 0 saturated heterocycles. The van der Waals surface area contributed by atoms with Crippen molar-refractivity contribution < 1.29 is 18.3 Å². The molecule has 0 amide bonds. The molecule has 1 N–H and O–H groups in total. The van der Waals surface area contributed by atoms with Crippen LogP contribution < -0.4 is 0 Å². The Morgan fingerprint density at radius 2 is 2.00 bits per heavy atom. The van der Waals surface area contributed by atoms with Crippen molar-refractivity contribution in [3.63, 3.8) is 0 Å². The fraction of sp³-hybridized carbons (Fsp3) is 0.571. The maximum atomic E-state index is 12.7. The molecule has 2 fully saturated rings. The summed E-state index contributed by atoms with van der Waals surface area (Å²) in [5.41, 5.74) is 0.0122. The van der Waals surface area contributed by atoms with Crippen molar-refractivity contribution in [2.45, 2.75) is 30.9 Å². The van der Waals surface area contributed by atoms with Crippen LogP contribution in [-0.2, 0) is 11.6 Å². The molecule has 2 saturated carbocycles. The van der Waals surface area contributed by atoms with Crippen LogP contribution in [0.3, 0.4) is 0 Å². The number of aliphatic hydroxyl groups is 1. The van der Waals surface area contributed by atoms with Gasteiger partial charge in [-0.1, -0.05) is 18.2 Å². The van der Waals surface area contributed by atoms with Crippen LogP contribution in [0.1, 0.15) is 30.4 Å². The summed E-state index contributed by atoms with van der Waals surface area (Å²) >= 11 is 0. The zero-order chi connectivity index (χ0) is 13.0. The Labute approximate surface area is 104 Å². The lowest BCUT2D eigenvalue weighted by molar-refractivity contribution is -0.137. The van der Waals surface area contributed by atoms with Gasteiger partial charge in [0, 0.05) is 12.0 Å². The molecule has 0 aliphatic heterocycles. The third kappa shape index (κ3) is 1.74. The number of benzene rings is 1. The molecular formula is C14H15F3O. The summed E-state index contributed by atoms with van der Waals surface area (Å²) in [5.74, 6) is 0.617. The van der Waals surface area contributed by atoms with Gasteiger partial charge in [-0.05, 0) is 42.7 Å². The van der Waals surface area contributed by atoms with E-state index in [0.717, 1.165) is 30.9 Å². The Hall–Kier alpha value is -1.03. The van der Waals surface area contributed by atoms with Gasteiger partial charge in [-0.3, -0.25) is 0 Å². The van der Waals surface area contributed by atoms with Crippen LogP contribution in [0.25, 0.3) is 0 Å². The molecule has 98 valence electrons. The smallest absolute Gasteiger partial charge is 0.396 e. The van der Waals surface area contributed by atoms with Crippen LogP contribution in [-0.4, -0.2) is 11.7 Å². The minimum atomic E-state index is -4.29. The van der Waals surface area contributed by atoms with Crippen molar-refractivity contribution in [2.75, 3.05) is 6.61 Å². The summed E-state index contributed by atoms with van der Waals surface area (Å²) in [6, 6.07) is 5.65. The highest BCUT2D eigenvalue weighted by Gasteiger charge is 2.62. The van der Waals surface area contributed by atoms with Crippen LogP contribution in [0.2, 0.25) is 0 Å². The van der Waals surface area contributed by atoms with Crippen molar-refractivity contribution in [3.05, 3.63) is 35.4 Å². The van der Waals surface area contributed by atoms with Crippen molar-refractivity contribution in [1.29, 1.82) is 0 Å². The van der Waals surface area contributed by atoms with E-state index in [9.17, 15) is 18.3 Å². The number of aliphatic hydroxyl groups excluding tert-OH is 1. The number of alkyl halides is 3. The highest BCUT2D eigenvalue weighted by atomic mass is 19.4. The fourth-order valence-electron chi connectivity index (χ4n) is 3.25. The second-order valence-corrected chi connectivity index (χ2v) is 5.48. The average molecular weight is 256 g/mol. The van der Waals surface area contributed by atoms with Crippen molar-refractivity contribution >= 4 is 0 Å². The zero-order valence-electron chi connectivity index (χ0n) is 9.87. The van der Waals surface area contributed by atoms with Crippen molar-refractivity contribution in [2.24, 2.45) is 11.8 Å². The minimum absolute atomic E-state index is 0.0761. The highest BCUT2D eigenvalue weighted by Crippen LogP contribution is 2.66. The van der Waals surface area contributed by atoms with Gasteiger partial charge in [-0.15, -0.1) is 0 Å². The molecule has 0 spiro atoms. The first kappa shape index (κ1) is 12.0. The van der Waals surface area contributed by atoms with Crippen LogP contribution in [0.15, 0.2) is 24.3 Å². The molecule has 0 radical (unpaired) electrons. The van der Waals surface area contributed by atoms with Crippen molar-refractivity contribution in [3.8, 4) is 0 Å². The number of hydrogen-bond donors (Lipinski definition) is 1. The Bertz CT molecular complexity index is 464. The maximum absolute atomic E-state index is 12.7. The van der Waals surface area contributed by atoms with Crippen LogP contribution in [0.4, 0.5) is 13.2 Å². The maximum Gasteiger partial charge on any atom is 0.416 e. The van der Waals surface area contributed by atoms with E-state index >= 15 is 0 Å². The molecule has 18 heavy (non-hydrogen) atoms. The Balaban J connectivity index is 1.97. The first-order chi connectivity index (χ1) is 8.48. The minimum Gasteiger partial charge on any atom is -0.396 e. The van der Waals surface area contributed by atoms with Gasteiger partial charge in [0.15, 0.2) is 0 Å². The van der Waals surface area contributed by atoms with Gasteiger partial charge in [-0.2, -0.15) is 13.2 Å². The molecule has 2 unspecified atom stereocenters. The van der Waals surface area contributed by atoms with E-state index in [1.807, 2.05) is 0 Å². The molecule has 1 nitrogen and oxygen atoms in total. The summed E-state index contributed by atoms with van der Waals surface area (Å²) in [7, 11) is 0. The van der Waals surface area contributed by atoms with Gasteiger partial charge in [-0.25, -0.2) is 0 Å². The number of hydrogen-bond acceptors (Lipinski definition) is 1. The van der Waals surface area contributed by atoms with Crippen molar-refractivity contribution in [1.82, 2.24) is 0 Å². The Morgan fingerprint density at radius 3 is 2.50 bits per heavy atom. The van der Waals surface area contributed by atoms with Crippen LogP contribution in [0.5, 0.6) is 0 Å². The Morgan fingerprint density at radius 1 is 1.28 bits per heavy atom.